The van der Waals surface area contributed by atoms with Crippen molar-refractivity contribution in [2.75, 3.05) is 0 Å². The Kier molecular flexibility index (Phi) is 13.2. The first-order valence-corrected chi connectivity index (χ1v) is 7.73. The quantitative estimate of drug-likeness (QED) is 0.302. The van der Waals surface area contributed by atoms with Crippen molar-refractivity contribution in [3.8, 4) is 0 Å². The normalized spacial score (nSPS) is 12.6. The van der Waals surface area contributed by atoms with Crippen molar-refractivity contribution >= 4 is 17.6 Å². The maximum Gasteiger partial charge on any atom is -0.0157 e. The molecule has 0 aromatic carbocycles. The number of hydrogen-bond acceptors (Lipinski definition) is 1. The monoisotopic (exact) mass is 242 g/mol. The summed E-state index contributed by atoms with van der Waals surface area (Å²) in [6.07, 6.45) is 15.5. The lowest BCUT2D eigenvalue weighted by molar-refractivity contribution is 0.537. The minimum Gasteiger partial charge on any atom is -0.0932 e. The van der Waals surface area contributed by atoms with Crippen LogP contribution in [0.2, 0.25) is 0 Å². The Balaban J connectivity index is 2.96. The lowest BCUT2D eigenvalue weighted by Crippen LogP contribution is -1.93. The Hall–Kier alpha value is 0.0900. The van der Waals surface area contributed by atoms with Gasteiger partial charge in [0.2, 0.25) is 0 Å². The minimum atomic E-state index is 0.643. The van der Waals surface area contributed by atoms with E-state index in [1.54, 1.807) is 0 Å². The lowest BCUT2D eigenvalue weighted by Gasteiger charge is -2.04. The number of hydrogen-bond donors (Lipinski definition) is 0. The molecule has 0 aromatic rings. The van der Waals surface area contributed by atoms with Crippen LogP contribution in [0.15, 0.2) is 0 Å². The third kappa shape index (κ3) is 12.2. The Bertz CT molecular complexity index is 142. The molecule has 0 rings (SSSR count). The van der Waals surface area contributed by atoms with Crippen molar-refractivity contribution in [3.63, 3.8) is 0 Å². The van der Waals surface area contributed by atoms with E-state index in [0.717, 1.165) is 0 Å². The van der Waals surface area contributed by atoms with Gasteiger partial charge in [0, 0.05) is 0 Å². The second kappa shape index (κ2) is 13.2. The van der Waals surface area contributed by atoms with Gasteiger partial charge in [-0.1, -0.05) is 90.3 Å². The van der Waals surface area contributed by atoms with Gasteiger partial charge in [0.05, 0.1) is 0 Å². The number of thiocarbonyl (C=S) groups is 1. The van der Waals surface area contributed by atoms with E-state index in [4.69, 9.17) is 12.2 Å². The molecule has 0 amide bonds. The molecule has 1 heteroatoms. The molecule has 0 aromatic heterocycles. The summed E-state index contributed by atoms with van der Waals surface area (Å²) in [5.41, 5.74) is 0. The van der Waals surface area contributed by atoms with Crippen molar-refractivity contribution < 1.29 is 0 Å². The first-order chi connectivity index (χ1) is 7.81. The molecule has 0 N–H and O–H groups in total. The molecule has 16 heavy (non-hydrogen) atoms. The third-order valence-corrected chi connectivity index (χ3v) is 3.71. The van der Waals surface area contributed by atoms with Crippen molar-refractivity contribution in [2.24, 2.45) is 5.92 Å². The van der Waals surface area contributed by atoms with E-state index in [9.17, 15) is 0 Å². The van der Waals surface area contributed by atoms with Crippen LogP contribution in [0.3, 0.4) is 0 Å². The summed E-state index contributed by atoms with van der Waals surface area (Å²) in [7, 11) is 0. The molecule has 0 fully saturated rings. The zero-order chi connectivity index (χ0) is 12.1. The molecule has 96 valence electrons. The molecule has 0 aliphatic rings. The van der Waals surface area contributed by atoms with Crippen LogP contribution < -0.4 is 0 Å². The van der Waals surface area contributed by atoms with E-state index in [2.05, 4.69) is 13.8 Å². The minimum absolute atomic E-state index is 0.643. The van der Waals surface area contributed by atoms with E-state index < -0.39 is 0 Å². The highest BCUT2D eigenvalue weighted by Gasteiger charge is 1.97. The molecule has 1 unspecified atom stereocenters. The van der Waals surface area contributed by atoms with Crippen molar-refractivity contribution in [1.82, 2.24) is 0 Å². The zero-order valence-corrected chi connectivity index (χ0v) is 12.2. The molecular weight excluding hydrogens is 212 g/mol. The van der Waals surface area contributed by atoms with Gasteiger partial charge in [-0.25, -0.2) is 0 Å². The third-order valence-electron chi connectivity index (χ3n) is 3.25. The largest absolute Gasteiger partial charge is 0.0932 e. The second-order valence-electron chi connectivity index (χ2n) is 5.08. The Morgan fingerprint density at radius 2 is 1.25 bits per heavy atom. The first kappa shape index (κ1) is 16.1. The van der Waals surface area contributed by atoms with Crippen LogP contribution in [0.25, 0.3) is 0 Å². The van der Waals surface area contributed by atoms with E-state index in [1.165, 1.54) is 70.6 Å². The molecule has 0 nitrogen and oxygen atoms in total. The molecule has 0 heterocycles. The number of rotatable bonds is 12. The Morgan fingerprint density at radius 1 is 0.812 bits per heavy atom. The molecule has 0 saturated carbocycles. The van der Waals surface area contributed by atoms with Gasteiger partial charge in [-0.3, -0.25) is 0 Å². The van der Waals surface area contributed by atoms with Gasteiger partial charge in [0.25, 0.3) is 0 Å². The van der Waals surface area contributed by atoms with Crippen molar-refractivity contribution in [2.45, 2.75) is 84.5 Å². The van der Waals surface area contributed by atoms with Crippen LogP contribution in [0.4, 0.5) is 0 Å². The number of unbranched alkanes of at least 4 members (excludes halogenated alkanes) is 9. The van der Waals surface area contributed by atoms with E-state index in [0.29, 0.717) is 5.92 Å². The molecule has 0 spiro atoms. The van der Waals surface area contributed by atoms with Crippen LogP contribution in [-0.4, -0.2) is 5.37 Å². The highest BCUT2D eigenvalue weighted by molar-refractivity contribution is 7.79. The highest BCUT2D eigenvalue weighted by atomic mass is 32.1. The first-order valence-electron chi connectivity index (χ1n) is 7.26. The summed E-state index contributed by atoms with van der Waals surface area (Å²) in [5.74, 6) is 0.643. The molecule has 0 aliphatic carbocycles. The maximum absolute atomic E-state index is 4.92. The average Bonchev–Trinajstić information content (AvgIpc) is 2.31. The molecule has 0 saturated heterocycles. The van der Waals surface area contributed by atoms with Gasteiger partial charge in [0.15, 0.2) is 0 Å². The second-order valence-corrected chi connectivity index (χ2v) is 5.36. The summed E-state index contributed by atoms with van der Waals surface area (Å²) in [6.45, 7) is 4.50. The summed E-state index contributed by atoms with van der Waals surface area (Å²) in [4.78, 5) is 0. The standard InChI is InChI=1S/C15H30S/c1-3-4-5-6-7-8-9-10-11-12-13-15(2)14-16/h14-15H,3-13H2,1-2H3. The predicted molar refractivity (Wildman–Crippen MR) is 79.3 cm³/mol. The Labute approximate surface area is 108 Å². The van der Waals surface area contributed by atoms with Crippen LogP contribution in [0.1, 0.15) is 84.5 Å². The van der Waals surface area contributed by atoms with Gasteiger partial charge in [-0.05, 0) is 17.7 Å². The molecule has 0 bridgehead atoms. The van der Waals surface area contributed by atoms with E-state index in [1.807, 2.05) is 5.37 Å². The van der Waals surface area contributed by atoms with Gasteiger partial charge in [-0.15, -0.1) is 0 Å². The van der Waals surface area contributed by atoms with Crippen LogP contribution in [-0.2, 0) is 0 Å². The van der Waals surface area contributed by atoms with Gasteiger partial charge in [-0.2, -0.15) is 0 Å². The summed E-state index contributed by atoms with van der Waals surface area (Å²) < 4.78 is 0. The SMILES string of the molecule is CCCCCCCCCCCCC(C)C=S. The van der Waals surface area contributed by atoms with Crippen molar-refractivity contribution in [3.05, 3.63) is 0 Å². The average molecular weight is 242 g/mol. The van der Waals surface area contributed by atoms with Gasteiger partial charge in [0.1, 0.15) is 0 Å². The zero-order valence-electron chi connectivity index (χ0n) is 11.3. The summed E-state index contributed by atoms with van der Waals surface area (Å²) in [5, 5.41) is 1.91. The smallest absolute Gasteiger partial charge is 0.0157 e. The fourth-order valence-electron chi connectivity index (χ4n) is 2.02. The van der Waals surface area contributed by atoms with Crippen LogP contribution >= 0.6 is 12.2 Å². The topological polar surface area (TPSA) is 0 Å². The summed E-state index contributed by atoms with van der Waals surface area (Å²) in [6, 6.07) is 0. The molecule has 0 radical (unpaired) electrons. The van der Waals surface area contributed by atoms with Crippen LogP contribution in [0, 0.1) is 5.92 Å². The van der Waals surface area contributed by atoms with Gasteiger partial charge < -0.3 is 0 Å². The van der Waals surface area contributed by atoms with E-state index >= 15 is 0 Å². The molecule has 1 atom stereocenters. The van der Waals surface area contributed by atoms with E-state index in [-0.39, 0.29) is 0 Å². The lowest BCUT2D eigenvalue weighted by atomic mass is 10.0. The summed E-state index contributed by atoms with van der Waals surface area (Å²) >= 11 is 4.92. The van der Waals surface area contributed by atoms with Crippen molar-refractivity contribution in [1.29, 1.82) is 0 Å². The molecular formula is C15H30S. The van der Waals surface area contributed by atoms with Crippen LogP contribution in [0.5, 0.6) is 0 Å². The maximum atomic E-state index is 4.92. The fraction of sp³-hybridized carbons (Fsp3) is 0.933. The predicted octanol–water partition coefficient (Wildman–Crippen LogP) is 5.93. The highest BCUT2D eigenvalue weighted by Crippen LogP contribution is 2.13. The Morgan fingerprint density at radius 3 is 1.69 bits per heavy atom. The van der Waals surface area contributed by atoms with Gasteiger partial charge >= 0.3 is 0 Å². The molecule has 0 aliphatic heterocycles. The fourth-order valence-corrected chi connectivity index (χ4v) is 2.16.